The molecule has 0 aromatic carbocycles. The molecule has 0 unspecified atom stereocenters. The Hall–Kier alpha value is -2.97. The van der Waals surface area contributed by atoms with Crippen LogP contribution in [-0.2, 0) is 16.1 Å². The van der Waals surface area contributed by atoms with E-state index in [1.807, 2.05) is 18.2 Å². The molecule has 0 spiro atoms. The van der Waals surface area contributed by atoms with Crippen molar-refractivity contribution in [1.82, 2.24) is 25.5 Å². The molecule has 0 radical (unpaired) electrons. The maximum atomic E-state index is 12.2. The molecule has 1 fully saturated rings. The number of carbonyl (C=O) groups is 2. The third-order valence-corrected chi connectivity index (χ3v) is 3.92. The van der Waals surface area contributed by atoms with Gasteiger partial charge in [-0.1, -0.05) is 11.2 Å². The minimum atomic E-state index is -0.355. The highest BCUT2D eigenvalue weighted by atomic mass is 16.6. The summed E-state index contributed by atoms with van der Waals surface area (Å²) in [5.74, 6) is -0.236. The molecule has 2 aromatic heterocycles. The van der Waals surface area contributed by atoms with Crippen LogP contribution in [-0.4, -0.2) is 51.7 Å². The lowest BCUT2D eigenvalue weighted by Crippen LogP contribution is -2.35. The average molecular weight is 345 g/mol. The summed E-state index contributed by atoms with van der Waals surface area (Å²) in [7, 11) is 0. The Morgan fingerprint density at radius 2 is 2.32 bits per heavy atom. The average Bonchev–Trinajstić information content (AvgIpc) is 3.18. The highest BCUT2D eigenvalue weighted by Crippen LogP contribution is 2.19. The number of ether oxygens (including phenoxy) is 1. The second kappa shape index (κ2) is 7.73. The van der Waals surface area contributed by atoms with Crippen LogP contribution in [0.1, 0.15) is 17.8 Å². The molecule has 2 aromatic rings. The standard InChI is InChI=1S/C16H19N5O4/c1-11-16(20-25-19-11)24-7-6-18-15(23)12-8-14(22)21(9-12)10-13-4-2-3-5-17-13/h2-5,12H,6-10H2,1H3,(H,18,23)/t12-/m0/s1. The topological polar surface area (TPSA) is 110 Å². The van der Waals surface area contributed by atoms with Crippen LogP contribution >= 0.6 is 0 Å². The Morgan fingerprint density at radius 1 is 1.44 bits per heavy atom. The molecular formula is C16H19N5O4. The molecule has 3 rings (SSSR count). The van der Waals surface area contributed by atoms with Gasteiger partial charge in [0, 0.05) is 19.2 Å². The van der Waals surface area contributed by atoms with Gasteiger partial charge in [-0.15, -0.1) is 0 Å². The van der Waals surface area contributed by atoms with Crippen LogP contribution in [0.2, 0.25) is 0 Å². The van der Waals surface area contributed by atoms with Gasteiger partial charge in [-0.25, -0.2) is 4.63 Å². The van der Waals surface area contributed by atoms with E-state index in [1.165, 1.54) is 0 Å². The van der Waals surface area contributed by atoms with Gasteiger partial charge in [0.05, 0.1) is 24.7 Å². The summed E-state index contributed by atoms with van der Waals surface area (Å²) >= 11 is 0. The fourth-order valence-electron chi connectivity index (χ4n) is 2.61. The van der Waals surface area contributed by atoms with E-state index in [1.54, 1.807) is 18.0 Å². The maximum Gasteiger partial charge on any atom is 0.278 e. The first-order valence-corrected chi connectivity index (χ1v) is 8.01. The van der Waals surface area contributed by atoms with Gasteiger partial charge < -0.3 is 15.0 Å². The van der Waals surface area contributed by atoms with Gasteiger partial charge in [-0.05, 0) is 24.2 Å². The summed E-state index contributed by atoms with van der Waals surface area (Å²) in [5.41, 5.74) is 1.36. The predicted octanol–water partition coefficient (Wildman–Crippen LogP) is 0.317. The van der Waals surface area contributed by atoms with Crippen molar-refractivity contribution < 1.29 is 19.0 Å². The van der Waals surface area contributed by atoms with Crippen molar-refractivity contribution in [1.29, 1.82) is 0 Å². The smallest absolute Gasteiger partial charge is 0.278 e. The molecule has 1 aliphatic rings. The fourth-order valence-corrected chi connectivity index (χ4v) is 2.61. The Labute approximate surface area is 144 Å². The van der Waals surface area contributed by atoms with Gasteiger partial charge in [0.25, 0.3) is 5.88 Å². The number of amides is 2. The highest BCUT2D eigenvalue weighted by molar-refractivity contribution is 5.89. The first kappa shape index (κ1) is 16.9. The van der Waals surface area contributed by atoms with Crippen LogP contribution < -0.4 is 10.1 Å². The van der Waals surface area contributed by atoms with Crippen LogP contribution in [0.3, 0.4) is 0 Å². The molecule has 1 saturated heterocycles. The van der Waals surface area contributed by atoms with Crippen molar-refractivity contribution in [2.45, 2.75) is 19.9 Å². The molecule has 0 saturated carbocycles. The van der Waals surface area contributed by atoms with Gasteiger partial charge in [-0.2, -0.15) is 0 Å². The molecule has 132 valence electrons. The zero-order chi connectivity index (χ0) is 17.6. The molecule has 0 bridgehead atoms. The van der Waals surface area contributed by atoms with E-state index < -0.39 is 0 Å². The normalized spacial score (nSPS) is 16.9. The van der Waals surface area contributed by atoms with E-state index >= 15 is 0 Å². The second-order valence-corrected chi connectivity index (χ2v) is 5.79. The van der Waals surface area contributed by atoms with Gasteiger partial charge in [0.1, 0.15) is 12.3 Å². The number of hydrogen-bond donors (Lipinski definition) is 1. The van der Waals surface area contributed by atoms with Crippen LogP contribution in [0.15, 0.2) is 29.0 Å². The van der Waals surface area contributed by atoms with Crippen molar-refractivity contribution in [3.63, 3.8) is 0 Å². The lowest BCUT2D eigenvalue weighted by atomic mass is 10.1. The van der Waals surface area contributed by atoms with Gasteiger partial charge in [-0.3, -0.25) is 14.6 Å². The third-order valence-electron chi connectivity index (χ3n) is 3.92. The van der Waals surface area contributed by atoms with E-state index in [4.69, 9.17) is 4.74 Å². The maximum absolute atomic E-state index is 12.2. The zero-order valence-electron chi connectivity index (χ0n) is 13.8. The molecule has 2 amide bonds. The lowest BCUT2D eigenvalue weighted by molar-refractivity contribution is -0.129. The first-order chi connectivity index (χ1) is 12.1. The third kappa shape index (κ3) is 4.31. The van der Waals surface area contributed by atoms with E-state index in [2.05, 4.69) is 25.2 Å². The van der Waals surface area contributed by atoms with Gasteiger partial charge in [0.2, 0.25) is 11.8 Å². The largest absolute Gasteiger partial charge is 0.472 e. The summed E-state index contributed by atoms with van der Waals surface area (Å²) in [6, 6.07) is 5.56. The molecule has 1 atom stereocenters. The quantitative estimate of drug-likeness (QED) is 0.719. The number of aryl methyl sites for hydroxylation is 1. The van der Waals surface area contributed by atoms with Crippen LogP contribution in [0, 0.1) is 12.8 Å². The fraction of sp³-hybridized carbons (Fsp3) is 0.438. The van der Waals surface area contributed by atoms with Crippen LogP contribution in [0.5, 0.6) is 5.88 Å². The van der Waals surface area contributed by atoms with Crippen LogP contribution in [0.25, 0.3) is 0 Å². The Morgan fingerprint density at radius 3 is 3.04 bits per heavy atom. The van der Waals surface area contributed by atoms with E-state index in [0.717, 1.165) is 5.69 Å². The van der Waals surface area contributed by atoms with Crippen molar-refractivity contribution in [3.8, 4) is 5.88 Å². The molecule has 1 aliphatic heterocycles. The number of carbonyl (C=O) groups excluding carboxylic acids is 2. The summed E-state index contributed by atoms with van der Waals surface area (Å²) < 4.78 is 9.86. The minimum Gasteiger partial charge on any atom is -0.472 e. The first-order valence-electron chi connectivity index (χ1n) is 8.01. The summed E-state index contributed by atoms with van der Waals surface area (Å²) in [5, 5.41) is 9.96. The molecule has 9 nitrogen and oxygen atoms in total. The number of hydrogen-bond acceptors (Lipinski definition) is 7. The zero-order valence-corrected chi connectivity index (χ0v) is 13.8. The number of nitrogens with one attached hydrogen (secondary N) is 1. The lowest BCUT2D eigenvalue weighted by Gasteiger charge is -2.16. The van der Waals surface area contributed by atoms with Crippen molar-refractivity contribution >= 4 is 11.8 Å². The minimum absolute atomic E-state index is 0.0358. The highest BCUT2D eigenvalue weighted by Gasteiger charge is 2.34. The molecule has 0 aliphatic carbocycles. The Balaban J connectivity index is 1.42. The van der Waals surface area contributed by atoms with Gasteiger partial charge in [0.15, 0.2) is 0 Å². The number of nitrogens with zero attached hydrogens (tertiary/aromatic N) is 4. The van der Waals surface area contributed by atoms with Crippen molar-refractivity contribution in [2.75, 3.05) is 19.7 Å². The number of aromatic nitrogens is 3. The molecular weight excluding hydrogens is 326 g/mol. The summed E-state index contributed by atoms with van der Waals surface area (Å²) in [4.78, 5) is 30.2. The van der Waals surface area contributed by atoms with Crippen molar-refractivity contribution in [2.24, 2.45) is 5.92 Å². The molecule has 3 heterocycles. The molecule has 9 heteroatoms. The predicted molar refractivity (Wildman–Crippen MR) is 85.3 cm³/mol. The van der Waals surface area contributed by atoms with Crippen LogP contribution in [0.4, 0.5) is 0 Å². The van der Waals surface area contributed by atoms with E-state index in [9.17, 15) is 9.59 Å². The SMILES string of the molecule is Cc1nonc1OCCNC(=O)[C@H]1CC(=O)N(Cc2ccccn2)C1. The van der Waals surface area contributed by atoms with Gasteiger partial charge >= 0.3 is 0 Å². The Bertz CT molecular complexity index is 733. The molecule has 25 heavy (non-hydrogen) atoms. The van der Waals surface area contributed by atoms with E-state index in [0.29, 0.717) is 31.2 Å². The number of rotatable bonds is 7. The number of pyridine rings is 1. The summed E-state index contributed by atoms with van der Waals surface area (Å²) in [6.45, 7) is 3.10. The monoisotopic (exact) mass is 345 g/mol. The number of likely N-dealkylation sites (tertiary alicyclic amines) is 1. The molecule has 1 N–H and O–H groups in total. The van der Waals surface area contributed by atoms with Crippen molar-refractivity contribution in [3.05, 3.63) is 35.8 Å². The summed E-state index contributed by atoms with van der Waals surface area (Å²) in [6.07, 6.45) is 1.90. The van der Waals surface area contributed by atoms with E-state index in [-0.39, 0.29) is 30.8 Å². The Kier molecular flexibility index (Phi) is 5.22. The second-order valence-electron chi connectivity index (χ2n) is 5.79.